The summed E-state index contributed by atoms with van der Waals surface area (Å²) in [7, 11) is 0. The molecule has 0 atom stereocenters. The number of carbonyl (C=O) groups excluding carboxylic acids is 1. The second-order valence-corrected chi connectivity index (χ2v) is 3.59. The molecule has 0 bridgehead atoms. The minimum Gasteiger partial charge on any atom is -0.659 e. The first-order valence-electron chi connectivity index (χ1n) is 4.69. The van der Waals surface area contributed by atoms with Crippen molar-refractivity contribution in [2.45, 2.75) is 20.8 Å². The van der Waals surface area contributed by atoms with Gasteiger partial charge < -0.3 is 10.2 Å². The number of carbonyl (C=O) groups is 1. The third-order valence-electron chi connectivity index (χ3n) is 2.41. The van der Waals surface area contributed by atoms with E-state index in [1.807, 2.05) is 25.7 Å². The molecule has 1 aliphatic heterocycles. The average molecular weight is 181 g/mol. The largest absolute Gasteiger partial charge is 0.659 e. The molecule has 1 rings (SSSR count). The number of amides is 1. The Morgan fingerprint density at radius 2 is 1.69 bits per heavy atom. The molecule has 0 aromatic carbocycles. The van der Waals surface area contributed by atoms with Crippen molar-refractivity contribution in [3.63, 3.8) is 0 Å². The maximum Gasteiger partial charge on any atom is 0.249 e. The number of hydrogen-bond acceptors (Lipinski definition) is 1. The molecule has 1 aliphatic rings. The predicted molar refractivity (Wildman–Crippen MR) is 53.7 cm³/mol. The molecule has 0 aliphatic carbocycles. The van der Waals surface area contributed by atoms with Crippen LogP contribution in [-0.2, 0) is 4.79 Å². The SMILES string of the molecule is CC(C)=C(C)C(=O)N1CC[N-]CC1. The van der Waals surface area contributed by atoms with Crippen LogP contribution in [0.1, 0.15) is 20.8 Å². The summed E-state index contributed by atoms with van der Waals surface area (Å²) in [4.78, 5) is 13.7. The number of rotatable bonds is 1. The molecular weight excluding hydrogens is 164 g/mol. The van der Waals surface area contributed by atoms with Crippen molar-refractivity contribution in [2.24, 2.45) is 0 Å². The van der Waals surface area contributed by atoms with Crippen LogP contribution in [0.5, 0.6) is 0 Å². The molecule has 1 amide bonds. The third-order valence-corrected chi connectivity index (χ3v) is 2.41. The molecule has 0 N–H and O–H groups in total. The lowest BCUT2D eigenvalue weighted by atomic mass is 10.1. The highest BCUT2D eigenvalue weighted by Crippen LogP contribution is 2.10. The van der Waals surface area contributed by atoms with Crippen molar-refractivity contribution < 1.29 is 4.79 Å². The Kier molecular flexibility index (Phi) is 3.48. The van der Waals surface area contributed by atoms with Gasteiger partial charge in [0.1, 0.15) is 0 Å². The predicted octanol–water partition coefficient (Wildman–Crippen LogP) is 1.56. The van der Waals surface area contributed by atoms with E-state index in [0.29, 0.717) is 0 Å². The van der Waals surface area contributed by atoms with Gasteiger partial charge in [0.05, 0.1) is 0 Å². The van der Waals surface area contributed by atoms with Crippen molar-refractivity contribution in [3.05, 3.63) is 16.5 Å². The van der Waals surface area contributed by atoms with Gasteiger partial charge in [0.15, 0.2) is 0 Å². The summed E-state index contributed by atoms with van der Waals surface area (Å²) in [6.07, 6.45) is 0. The van der Waals surface area contributed by atoms with Crippen LogP contribution in [0.4, 0.5) is 0 Å². The van der Waals surface area contributed by atoms with Gasteiger partial charge in [0.2, 0.25) is 5.91 Å². The van der Waals surface area contributed by atoms with E-state index in [0.717, 1.165) is 37.3 Å². The van der Waals surface area contributed by atoms with Crippen LogP contribution in [0.25, 0.3) is 5.32 Å². The topological polar surface area (TPSA) is 34.4 Å². The van der Waals surface area contributed by atoms with Gasteiger partial charge in [-0.1, -0.05) is 5.57 Å². The molecule has 0 unspecified atom stereocenters. The summed E-state index contributed by atoms with van der Waals surface area (Å²) in [6, 6.07) is 0. The zero-order valence-corrected chi connectivity index (χ0v) is 8.63. The van der Waals surface area contributed by atoms with Crippen molar-refractivity contribution >= 4 is 5.91 Å². The third kappa shape index (κ3) is 2.56. The molecule has 13 heavy (non-hydrogen) atoms. The fraction of sp³-hybridized carbons (Fsp3) is 0.700. The zero-order valence-electron chi connectivity index (χ0n) is 8.63. The highest BCUT2D eigenvalue weighted by Gasteiger charge is 2.14. The van der Waals surface area contributed by atoms with E-state index in [1.165, 1.54) is 0 Å². The molecule has 1 saturated heterocycles. The monoisotopic (exact) mass is 181 g/mol. The fourth-order valence-corrected chi connectivity index (χ4v) is 1.26. The summed E-state index contributed by atoms with van der Waals surface area (Å²) >= 11 is 0. The first-order valence-corrected chi connectivity index (χ1v) is 4.69. The van der Waals surface area contributed by atoms with Crippen molar-refractivity contribution in [3.8, 4) is 0 Å². The minimum atomic E-state index is 0.176. The Hall–Kier alpha value is -0.830. The van der Waals surface area contributed by atoms with E-state index < -0.39 is 0 Å². The molecule has 0 spiro atoms. The molecule has 1 heterocycles. The standard InChI is InChI=1S/C10H17N2O/c1-8(2)9(3)10(13)12-6-4-11-5-7-12/h4-7H2,1-3H3/q-1. The summed E-state index contributed by atoms with van der Waals surface area (Å²) in [5.41, 5.74) is 1.98. The van der Waals surface area contributed by atoms with E-state index in [-0.39, 0.29) is 5.91 Å². The van der Waals surface area contributed by atoms with E-state index in [2.05, 4.69) is 5.32 Å². The van der Waals surface area contributed by atoms with Crippen LogP contribution in [0, 0.1) is 0 Å². The first kappa shape index (κ1) is 10.3. The lowest BCUT2D eigenvalue weighted by Crippen LogP contribution is -2.39. The lowest BCUT2D eigenvalue weighted by Gasteiger charge is -2.35. The van der Waals surface area contributed by atoms with Gasteiger partial charge in [-0.05, 0) is 20.8 Å². The molecule has 1 fully saturated rings. The van der Waals surface area contributed by atoms with Crippen molar-refractivity contribution in [1.29, 1.82) is 0 Å². The summed E-state index contributed by atoms with van der Waals surface area (Å²) < 4.78 is 0. The second-order valence-electron chi connectivity index (χ2n) is 3.59. The number of piperazine rings is 1. The first-order chi connectivity index (χ1) is 6.13. The van der Waals surface area contributed by atoms with Crippen LogP contribution in [0.2, 0.25) is 0 Å². The smallest absolute Gasteiger partial charge is 0.249 e. The zero-order chi connectivity index (χ0) is 9.84. The Bertz CT molecular complexity index is 223. The van der Waals surface area contributed by atoms with Gasteiger partial charge in [-0.2, -0.15) is 0 Å². The Morgan fingerprint density at radius 1 is 1.15 bits per heavy atom. The van der Waals surface area contributed by atoms with Gasteiger partial charge in [0.25, 0.3) is 0 Å². The molecule has 0 aromatic heterocycles. The van der Waals surface area contributed by atoms with Crippen LogP contribution in [0.3, 0.4) is 0 Å². The van der Waals surface area contributed by atoms with Gasteiger partial charge in [0, 0.05) is 18.7 Å². The van der Waals surface area contributed by atoms with Crippen molar-refractivity contribution in [1.82, 2.24) is 4.90 Å². The molecule has 3 heteroatoms. The van der Waals surface area contributed by atoms with Crippen LogP contribution in [0.15, 0.2) is 11.1 Å². The maximum atomic E-state index is 11.8. The Labute approximate surface area is 79.8 Å². The highest BCUT2D eigenvalue weighted by molar-refractivity contribution is 5.93. The molecule has 3 nitrogen and oxygen atoms in total. The Morgan fingerprint density at radius 3 is 2.15 bits per heavy atom. The van der Waals surface area contributed by atoms with Gasteiger partial charge >= 0.3 is 0 Å². The number of hydrogen-bond donors (Lipinski definition) is 0. The van der Waals surface area contributed by atoms with E-state index in [4.69, 9.17) is 0 Å². The normalized spacial score (nSPS) is 17.0. The molecule has 0 saturated carbocycles. The van der Waals surface area contributed by atoms with Crippen LogP contribution < -0.4 is 0 Å². The molecular formula is C10H17N2O-. The molecule has 0 aromatic rings. The summed E-state index contributed by atoms with van der Waals surface area (Å²) in [6.45, 7) is 8.99. The summed E-state index contributed by atoms with van der Waals surface area (Å²) in [5, 5.41) is 4.20. The number of allylic oxidation sites excluding steroid dienone is 1. The van der Waals surface area contributed by atoms with E-state index in [1.54, 1.807) is 0 Å². The highest BCUT2D eigenvalue weighted by atomic mass is 16.2. The molecule has 0 radical (unpaired) electrons. The van der Waals surface area contributed by atoms with Crippen LogP contribution >= 0.6 is 0 Å². The van der Waals surface area contributed by atoms with Gasteiger partial charge in [-0.25, -0.2) is 0 Å². The Balaban J connectivity index is 2.61. The van der Waals surface area contributed by atoms with Crippen molar-refractivity contribution in [2.75, 3.05) is 26.2 Å². The maximum absolute atomic E-state index is 11.8. The van der Waals surface area contributed by atoms with E-state index >= 15 is 0 Å². The summed E-state index contributed by atoms with van der Waals surface area (Å²) in [5.74, 6) is 0.176. The molecule has 74 valence electrons. The van der Waals surface area contributed by atoms with Gasteiger partial charge in [-0.3, -0.25) is 4.79 Å². The second kappa shape index (κ2) is 4.42. The minimum absolute atomic E-state index is 0.176. The fourth-order valence-electron chi connectivity index (χ4n) is 1.26. The van der Waals surface area contributed by atoms with E-state index in [9.17, 15) is 4.79 Å². The average Bonchev–Trinajstić information content (AvgIpc) is 2.17. The van der Waals surface area contributed by atoms with Gasteiger partial charge in [-0.15, -0.1) is 13.1 Å². The quantitative estimate of drug-likeness (QED) is 0.565. The number of nitrogens with zero attached hydrogens (tertiary/aromatic N) is 2. The lowest BCUT2D eigenvalue weighted by molar-refractivity contribution is -0.127. The van der Waals surface area contributed by atoms with Crippen LogP contribution in [-0.4, -0.2) is 37.0 Å².